The Bertz CT molecular complexity index is 3980. The Kier molecular flexibility index (Phi) is 8.71. The van der Waals surface area contributed by atoms with Gasteiger partial charge in [-0.3, -0.25) is 4.57 Å². The summed E-state index contributed by atoms with van der Waals surface area (Å²) in [5.74, 6) is 0. The molecule has 0 fully saturated rings. The molecular formula is C58H42N4S2. The third kappa shape index (κ3) is 5.69. The first-order chi connectivity index (χ1) is 31.7. The number of rotatable bonds is 9. The Balaban J connectivity index is 1.01. The summed E-state index contributed by atoms with van der Waals surface area (Å²) < 4.78 is 9.92. The molecule has 0 aliphatic heterocycles. The molecule has 306 valence electrons. The van der Waals surface area contributed by atoms with Crippen LogP contribution in [0.1, 0.15) is 32.6 Å². The maximum absolute atomic E-state index is 5.12. The van der Waals surface area contributed by atoms with Gasteiger partial charge in [0.05, 0.1) is 27.6 Å². The lowest BCUT2D eigenvalue weighted by atomic mass is 10.00. The number of allylic oxidation sites excluding steroid dienone is 1. The number of para-hydroxylation sites is 3. The van der Waals surface area contributed by atoms with E-state index in [4.69, 9.17) is 4.98 Å². The van der Waals surface area contributed by atoms with Crippen LogP contribution < -0.4 is 0 Å². The Hall–Kier alpha value is -7.25. The summed E-state index contributed by atoms with van der Waals surface area (Å²) in [6.07, 6.45) is 11.3. The molecule has 13 rings (SSSR count). The second-order valence-corrected chi connectivity index (χ2v) is 19.0. The molecule has 0 saturated carbocycles. The van der Waals surface area contributed by atoms with Crippen molar-refractivity contribution in [3.05, 3.63) is 182 Å². The van der Waals surface area contributed by atoms with Crippen LogP contribution in [0.2, 0.25) is 0 Å². The van der Waals surface area contributed by atoms with E-state index >= 15 is 0 Å². The van der Waals surface area contributed by atoms with Crippen molar-refractivity contribution in [1.29, 1.82) is 0 Å². The second-order valence-electron chi connectivity index (χ2n) is 16.9. The second kappa shape index (κ2) is 14.9. The Labute approximate surface area is 378 Å². The normalized spacial score (nSPS) is 12.3. The van der Waals surface area contributed by atoms with E-state index in [0.29, 0.717) is 0 Å². The van der Waals surface area contributed by atoms with E-state index in [1.807, 2.05) is 28.9 Å². The molecule has 0 spiro atoms. The monoisotopic (exact) mass is 858 g/mol. The van der Waals surface area contributed by atoms with Crippen molar-refractivity contribution < 1.29 is 0 Å². The molecule has 7 aromatic carbocycles. The molecule has 6 heterocycles. The SMILES string of the molecule is CCCCC/C=C/n1c2c(-c3ccc4sc5ccccc5c4c3)cccc2c2ccc3c(c4cccnc4n3-c3ccc(-c4ccc5c(c4)c4ccccc4n5-c4ccccc4)s3)c21. The molecule has 6 aromatic heterocycles. The number of fused-ring (bicyclic) bond motifs is 13. The highest BCUT2D eigenvalue weighted by atomic mass is 32.1. The van der Waals surface area contributed by atoms with Gasteiger partial charge in [-0.2, -0.15) is 0 Å². The summed E-state index contributed by atoms with van der Waals surface area (Å²) >= 11 is 3.70. The van der Waals surface area contributed by atoms with Gasteiger partial charge in [-0.05, 0) is 103 Å². The molecule has 6 heteroatoms. The van der Waals surface area contributed by atoms with E-state index in [1.54, 1.807) is 0 Å². The quantitative estimate of drug-likeness (QED) is 0.133. The zero-order chi connectivity index (χ0) is 42.3. The van der Waals surface area contributed by atoms with Gasteiger partial charge < -0.3 is 9.13 Å². The van der Waals surface area contributed by atoms with Gasteiger partial charge in [-0.15, -0.1) is 22.7 Å². The van der Waals surface area contributed by atoms with Crippen molar-refractivity contribution in [1.82, 2.24) is 18.7 Å². The third-order valence-electron chi connectivity index (χ3n) is 13.2. The molecule has 0 radical (unpaired) electrons. The van der Waals surface area contributed by atoms with Crippen LogP contribution in [0.15, 0.2) is 182 Å². The molecular weight excluding hydrogens is 817 g/mol. The largest absolute Gasteiger partial charge is 0.315 e. The van der Waals surface area contributed by atoms with Crippen molar-refractivity contribution in [2.24, 2.45) is 0 Å². The fourth-order valence-corrected chi connectivity index (χ4v) is 12.4. The van der Waals surface area contributed by atoms with Crippen LogP contribution >= 0.6 is 22.7 Å². The van der Waals surface area contributed by atoms with Gasteiger partial charge in [0, 0.05) is 81.0 Å². The van der Waals surface area contributed by atoms with Crippen molar-refractivity contribution in [2.45, 2.75) is 32.6 Å². The smallest absolute Gasteiger partial charge is 0.146 e. The average molecular weight is 859 g/mol. The molecule has 0 unspecified atom stereocenters. The van der Waals surface area contributed by atoms with Crippen LogP contribution in [0, 0.1) is 0 Å². The molecule has 64 heavy (non-hydrogen) atoms. The first-order valence-corrected chi connectivity index (χ1v) is 24.0. The molecule has 4 nitrogen and oxygen atoms in total. The molecule has 0 amide bonds. The van der Waals surface area contributed by atoms with Crippen LogP contribution in [0.25, 0.3) is 124 Å². The summed E-state index contributed by atoms with van der Waals surface area (Å²) in [6.45, 7) is 2.28. The van der Waals surface area contributed by atoms with Crippen molar-refractivity contribution >= 4 is 115 Å². The summed E-state index contributed by atoms with van der Waals surface area (Å²) in [5, 5.41) is 11.2. The molecule has 13 aromatic rings. The number of benzene rings is 7. The zero-order valence-electron chi connectivity index (χ0n) is 35.3. The van der Waals surface area contributed by atoms with Gasteiger partial charge in [0.1, 0.15) is 10.6 Å². The minimum atomic E-state index is 0.971. The van der Waals surface area contributed by atoms with Gasteiger partial charge in [0.2, 0.25) is 0 Å². The van der Waals surface area contributed by atoms with Crippen LogP contribution in [0.3, 0.4) is 0 Å². The summed E-state index contributed by atoms with van der Waals surface area (Å²) in [4.78, 5) is 6.35. The molecule has 0 aliphatic carbocycles. The van der Waals surface area contributed by atoms with Gasteiger partial charge in [0.25, 0.3) is 0 Å². The zero-order valence-corrected chi connectivity index (χ0v) is 37.0. The highest BCUT2D eigenvalue weighted by molar-refractivity contribution is 7.25. The molecule has 0 atom stereocenters. The standard InChI is InChI=1S/C58H42N4S2/c1-2-3-4-5-13-34-60-56-40(37-26-30-53-47(35-37)42-19-10-12-24-52(42)63-53)20-14-21-43(56)44-27-29-50-55(57(44)60)45-22-15-33-59-58(45)62(50)54-32-31-51(64-54)38-25-28-49-46(36-38)41-18-9-11-23-48(41)61(49)39-16-7-6-8-17-39/h6-36H,2-5H2,1H3/b34-13+. The predicted molar refractivity (Wildman–Crippen MR) is 277 cm³/mol. The van der Waals surface area contributed by atoms with Crippen LogP contribution in [-0.2, 0) is 0 Å². The number of thiophene rings is 2. The Morgan fingerprint density at radius 2 is 1.27 bits per heavy atom. The van der Waals surface area contributed by atoms with E-state index in [2.05, 4.69) is 203 Å². The summed E-state index contributed by atoms with van der Waals surface area (Å²) in [7, 11) is 0. The summed E-state index contributed by atoms with van der Waals surface area (Å²) in [6, 6.07) is 62.7. The Morgan fingerprint density at radius 3 is 2.19 bits per heavy atom. The number of hydrogen-bond donors (Lipinski definition) is 0. The lowest BCUT2D eigenvalue weighted by molar-refractivity contribution is 0.729. The van der Waals surface area contributed by atoms with Crippen molar-refractivity contribution in [2.75, 3.05) is 0 Å². The molecule has 0 N–H and O–H groups in total. The van der Waals surface area contributed by atoms with Gasteiger partial charge in [-0.25, -0.2) is 4.98 Å². The maximum Gasteiger partial charge on any atom is 0.146 e. The predicted octanol–water partition coefficient (Wildman–Crippen LogP) is 17.2. The van der Waals surface area contributed by atoms with E-state index in [-0.39, 0.29) is 0 Å². The lowest BCUT2D eigenvalue weighted by Crippen LogP contribution is -1.92. The minimum Gasteiger partial charge on any atom is -0.315 e. The molecule has 0 saturated heterocycles. The van der Waals surface area contributed by atoms with Crippen LogP contribution in [0.5, 0.6) is 0 Å². The highest BCUT2D eigenvalue weighted by Crippen LogP contribution is 2.46. The average Bonchev–Trinajstić information content (AvgIpc) is 4.17. The molecule has 0 aliphatic rings. The number of hydrogen-bond acceptors (Lipinski definition) is 3. The van der Waals surface area contributed by atoms with E-state index in [0.717, 1.165) is 28.0 Å². The fourth-order valence-electron chi connectivity index (χ4n) is 10.3. The topological polar surface area (TPSA) is 27.7 Å². The van der Waals surface area contributed by atoms with Crippen molar-refractivity contribution in [3.63, 3.8) is 0 Å². The van der Waals surface area contributed by atoms with Gasteiger partial charge >= 0.3 is 0 Å². The van der Waals surface area contributed by atoms with E-state index in [9.17, 15) is 0 Å². The highest BCUT2D eigenvalue weighted by Gasteiger charge is 2.23. The van der Waals surface area contributed by atoms with E-state index in [1.165, 1.54) is 116 Å². The van der Waals surface area contributed by atoms with E-state index < -0.39 is 0 Å². The van der Waals surface area contributed by atoms with Crippen LogP contribution in [-0.4, -0.2) is 18.7 Å². The molecule has 0 bridgehead atoms. The van der Waals surface area contributed by atoms with Gasteiger partial charge in [-0.1, -0.05) is 117 Å². The maximum atomic E-state index is 5.12. The third-order valence-corrected chi connectivity index (χ3v) is 15.4. The minimum absolute atomic E-state index is 0.971. The number of nitrogens with zero attached hydrogens (tertiary/aromatic N) is 4. The number of unbranched alkanes of at least 4 members (excludes halogenated alkanes) is 3. The number of aromatic nitrogens is 4. The lowest BCUT2D eigenvalue weighted by Gasteiger charge is -2.09. The fraction of sp³-hybridized carbons (Fsp3) is 0.0862. The van der Waals surface area contributed by atoms with Crippen LogP contribution in [0.4, 0.5) is 0 Å². The number of pyridine rings is 1. The Morgan fingerprint density at radius 1 is 0.516 bits per heavy atom. The summed E-state index contributed by atoms with van der Waals surface area (Å²) in [5.41, 5.74) is 11.9. The first kappa shape index (κ1) is 37.3. The van der Waals surface area contributed by atoms with Gasteiger partial charge in [0.15, 0.2) is 0 Å². The first-order valence-electron chi connectivity index (χ1n) is 22.4. The van der Waals surface area contributed by atoms with Crippen molar-refractivity contribution in [3.8, 4) is 32.3 Å².